The minimum Gasteiger partial charge on any atom is -0.462 e. The molecule has 0 saturated carbocycles. The second-order valence-electron chi connectivity index (χ2n) is 4.25. The van der Waals surface area contributed by atoms with Crippen LogP contribution in [0.25, 0.3) is 0 Å². The van der Waals surface area contributed by atoms with E-state index in [2.05, 4.69) is 9.69 Å². The number of carbonyl (C=O) groups excluding carboxylic acids is 1. The molecule has 0 aliphatic heterocycles. The van der Waals surface area contributed by atoms with E-state index in [1.54, 1.807) is 19.9 Å². The van der Waals surface area contributed by atoms with Crippen LogP contribution in [-0.4, -0.2) is 16.9 Å². The molecule has 0 spiro atoms. The van der Waals surface area contributed by atoms with Crippen LogP contribution in [0.15, 0.2) is 18.2 Å². The van der Waals surface area contributed by atoms with E-state index in [9.17, 15) is 4.79 Å². The Bertz CT molecular complexity index is 620. The molecular formula is C14H15ClN2O2S. The smallest absolute Gasteiger partial charge is 0.343 e. The molecule has 1 heterocycles. The monoisotopic (exact) mass is 310 g/mol. The van der Waals surface area contributed by atoms with E-state index in [0.717, 1.165) is 11.3 Å². The molecular weight excluding hydrogens is 296 g/mol. The lowest BCUT2D eigenvalue weighted by molar-refractivity contribution is 0.0527. The number of aromatic nitrogens is 1. The van der Waals surface area contributed by atoms with Gasteiger partial charge in [-0.3, -0.25) is 0 Å². The van der Waals surface area contributed by atoms with Gasteiger partial charge < -0.3 is 10.1 Å². The fraction of sp³-hybridized carbons (Fsp3) is 0.286. The first-order valence-corrected chi connectivity index (χ1v) is 7.35. The van der Waals surface area contributed by atoms with Gasteiger partial charge in [0.1, 0.15) is 10.6 Å². The largest absolute Gasteiger partial charge is 0.462 e. The molecule has 106 valence electrons. The third kappa shape index (κ3) is 2.94. The van der Waals surface area contributed by atoms with Crippen molar-refractivity contribution in [3.05, 3.63) is 40.0 Å². The summed E-state index contributed by atoms with van der Waals surface area (Å²) >= 11 is 7.41. The van der Waals surface area contributed by atoms with E-state index in [4.69, 9.17) is 16.3 Å². The van der Waals surface area contributed by atoms with Crippen molar-refractivity contribution >= 4 is 39.8 Å². The average molecular weight is 311 g/mol. The van der Waals surface area contributed by atoms with Crippen molar-refractivity contribution in [1.29, 1.82) is 0 Å². The van der Waals surface area contributed by atoms with Gasteiger partial charge in [-0.05, 0) is 43.9 Å². The van der Waals surface area contributed by atoms with Crippen LogP contribution in [0.1, 0.15) is 28.5 Å². The summed E-state index contributed by atoms with van der Waals surface area (Å²) in [6, 6.07) is 5.63. The Morgan fingerprint density at radius 3 is 2.85 bits per heavy atom. The lowest BCUT2D eigenvalue weighted by atomic mass is 10.2. The molecule has 20 heavy (non-hydrogen) atoms. The van der Waals surface area contributed by atoms with Crippen LogP contribution >= 0.6 is 23.1 Å². The van der Waals surface area contributed by atoms with Gasteiger partial charge in [0.2, 0.25) is 0 Å². The van der Waals surface area contributed by atoms with Crippen LogP contribution in [0.5, 0.6) is 0 Å². The van der Waals surface area contributed by atoms with Crippen LogP contribution in [0.4, 0.5) is 10.7 Å². The van der Waals surface area contributed by atoms with Crippen molar-refractivity contribution in [3.63, 3.8) is 0 Å². The molecule has 0 bridgehead atoms. The highest BCUT2D eigenvalue weighted by atomic mass is 35.5. The maximum atomic E-state index is 12.0. The molecule has 0 unspecified atom stereocenters. The molecule has 1 aromatic carbocycles. The van der Waals surface area contributed by atoms with Crippen molar-refractivity contribution in [2.45, 2.75) is 20.8 Å². The number of halogens is 1. The first-order valence-electron chi connectivity index (χ1n) is 6.20. The Hall–Kier alpha value is -1.59. The van der Waals surface area contributed by atoms with Crippen molar-refractivity contribution < 1.29 is 9.53 Å². The molecule has 0 radical (unpaired) electrons. The third-order valence-electron chi connectivity index (χ3n) is 2.80. The highest BCUT2D eigenvalue weighted by Crippen LogP contribution is 2.33. The van der Waals surface area contributed by atoms with Gasteiger partial charge in [-0.1, -0.05) is 23.7 Å². The quantitative estimate of drug-likeness (QED) is 0.854. The first-order chi connectivity index (χ1) is 9.54. The summed E-state index contributed by atoms with van der Waals surface area (Å²) < 4.78 is 9.27. The zero-order valence-corrected chi connectivity index (χ0v) is 13.1. The Morgan fingerprint density at radius 1 is 1.45 bits per heavy atom. The number of para-hydroxylation sites is 1. The zero-order chi connectivity index (χ0) is 14.7. The molecule has 0 aliphatic carbocycles. The number of benzene rings is 1. The van der Waals surface area contributed by atoms with Crippen LogP contribution in [0.2, 0.25) is 5.02 Å². The summed E-state index contributed by atoms with van der Waals surface area (Å²) in [5, 5.41) is 4.45. The van der Waals surface area contributed by atoms with Crippen molar-refractivity contribution in [3.8, 4) is 0 Å². The van der Waals surface area contributed by atoms with E-state index in [-0.39, 0.29) is 5.97 Å². The molecule has 6 heteroatoms. The van der Waals surface area contributed by atoms with Gasteiger partial charge in [-0.25, -0.2) is 4.79 Å². The minimum atomic E-state index is -0.369. The highest BCUT2D eigenvalue weighted by Gasteiger charge is 2.20. The summed E-state index contributed by atoms with van der Waals surface area (Å²) in [6.07, 6.45) is 0. The predicted molar refractivity (Wildman–Crippen MR) is 82.3 cm³/mol. The van der Waals surface area contributed by atoms with E-state index in [1.807, 2.05) is 19.1 Å². The normalized spacial score (nSPS) is 10.4. The molecule has 0 fully saturated rings. The standard InChI is InChI=1S/C14H15ClN2O2S/c1-4-19-14(18)11-9(3)17-20-13(11)16-12-8(2)6-5-7-10(12)15/h5-7,16H,4H2,1-3H3. The first kappa shape index (κ1) is 14.8. The van der Waals surface area contributed by atoms with Gasteiger partial charge >= 0.3 is 5.97 Å². The Labute approximate surface area is 126 Å². The molecule has 0 saturated heterocycles. The summed E-state index contributed by atoms with van der Waals surface area (Å²) in [5.74, 6) is -0.369. The maximum Gasteiger partial charge on any atom is 0.343 e. The minimum absolute atomic E-state index is 0.332. The number of carbonyl (C=O) groups is 1. The number of hydrogen-bond donors (Lipinski definition) is 1. The topological polar surface area (TPSA) is 51.2 Å². The number of anilines is 2. The van der Waals surface area contributed by atoms with E-state index >= 15 is 0 Å². The summed E-state index contributed by atoms with van der Waals surface area (Å²) in [7, 11) is 0. The summed E-state index contributed by atoms with van der Waals surface area (Å²) in [5.41, 5.74) is 2.90. The third-order valence-corrected chi connectivity index (χ3v) is 3.97. The maximum absolute atomic E-state index is 12.0. The fourth-order valence-electron chi connectivity index (χ4n) is 1.80. The lowest BCUT2D eigenvalue weighted by Crippen LogP contribution is -2.08. The molecule has 1 aromatic heterocycles. The molecule has 1 N–H and O–H groups in total. The predicted octanol–water partition coefficient (Wildman–Crippen LogP) is 4.33. The van der Waals surface area contributed by atoms with Crippen LogP contribution in [0.3, 0.4) is 0 Å². The average Bonchev–Trinajstić information content (AvgIpc) is 2.75. The Balaban J connectivity index is 2.38. The number of nitrogens with zero attached hydrogens (tertiary/aromatic N) is 1. The zero-order valence-electron chi connectivity index (χ0n) is 11.5. The molecule has 4 nitrogen and oxygen atoms in total. The lowest BCUT2D eigenvalue weighted by Gasteiger charge is -2.11. The van der Waals surface area contributed by atoms with Gasteiger partial charge in [-0.15, -0.1) is 0 Å². The molecule has 0 atom stereocenters. The molecule has 2 rings (SSSR count). The Morgan fingerprint density at radius 2 is 2.20 bits per heavy atom. The highest BCUT2D eigenvalue weighted by molar-refractivity contribution is 7.10. The number of nitrogens with one attached hydrogen (secondary N) is 1. The van der Waals surface area contributed by atoms with Gasteiger partial charge in [0, 0.05) is 0 Å². The molecule has 0 amide bonds. The molecule has 2 aromatic rings. The van der Waals surface area contributed by atoms with E-state index in [0.29, 0.717) is 27.9 Å². The fourth-order valence-corrected chi connectivity index (χ4v) is 2.86. The second-order valence-corrected chi connectivity index (χ2v) is 5.43. The van der Waals surface area contributed by atoms with Crippen molar-refractivity contribution in [2.75, 3.05) is 11.9 Å². The number of aryl methyl sites for hydroxylation is 2. The Kier molecular flexibility index (Phi) is 4.62. The second kappa shape index (κ2) is 6.24. The van der Waals surface area contributed by atoms with Gasteiger partial charge in [0.05, 0.1) is 23.0 Å². The van der Waals surface area contributed by atoms with Crippen LogP contribution in [-0.2, 0) is 4.74 Å². The van der Waals surface area contributed by atoms with Crippen molar-refractivity contribution in [2.24, 2.45) is 0 Å². The number of rotatable bonds is 4. The number of esters is 1. The van der Waals surface area contributed by atoms with Crippen molar-refractivity contribution in [1.82, 2.24) is 4.37 Å². The number of hydrogen-bond acceptors (Lipinski definition) is 5. The van der Waals surface area contributed by atoms with E-state index < -0.39 is 0 Å². The van der Waals surface area contributed by atoms with Crippen LogP contribution in [0, 0.1) is 13.8 Å². The van der Waals surface area contributed by atoms with E-state index in [1.165, 1.54) is 11.5 Å². The van der Waals surface area contributed by atoms with Gasteiger partial charge in [-0.2, -0.15) is 4.37 Å². The SMILES string of the molecule is CCOC(=O)c1c(C)nsc1Nc1c(C)cccc1Cl. The van der Waals surface area contributed by atoms with Gasteiger partial charge in [0.25, 0.3) is 0 Å². The summed E-state index contributed by atoms with van der Waals surface area (Å²) in [4.78, 5) is 12.0. The molecule has 0 aliphatic rings. The summed E-state index contributed by atoms with van der Waals surface area (Å²) in [6.45, 7) is 5.84. The van der Waals surface area contributed by atoms with Crippen LogP contribution < -0.4 is 5.32 Å². The number of ether oxygens (including phenoxy) is 1. The van der Waals surface area contributed by atoms with Gasteiger partial charge in [0.15, 0.2) is 0 Å².